The van der Waals surface area contributed by atoms with Crippen LogP contribution in [0.15, 0.2) is 48.5 Å². The van der Waals surface area contributed by atoms with Gasteiger partial charge in [-0.15, -0.1) is 0 Å². The molecule has 0 unspecified atom stereocenters. The highest BCUT2D eigenvalue weighted by molar-refractivity contribution is 14.1. The van der Waals surface area contributed by atoms with Gasteiger partial charge < -0.3 is 5.32 Å². The molecule has 2 aromatic rings. The SMILES string of the molecule is O=C(CCNCc1ccccc1)c1ccc(I)cc1F. The van der Waals surface area contributed by atoms with Gasteiger partial charge in [0.05, 0.1) is 5.56 Å². The number of hydrogen-bond acceptors (Lipinski definition) is 2. The molecule has 0 bridgehead atoms. The fourth-order valence-corrected chi connectivity index (χ4v) is 2.33. The van der Waals surface area contributed by atoms with Crippen LogP contribution in [0, 0.1) is 9.39 Å². The monoisotopic (exact) mass is 383 g/mol. The van der Waals surface area contributed by atoms with Crippen LogP contribution in [-0.2, 0) is 6.54 Å². The van der Waals surface area contributed by atoms with E-state index in [4.69, 9.17) is 0 Å². The molecule has 0 aliphatic heterocycles. The minimum Gasteiger partial charge on any atom is -0.312 e. The molecule has 0 amide bonds. The number of Topliss-reactive ketones (excluding diaryl/α,β-unsaturated/α-hetero) is 1. The number of hydrogen-bond donors (Lipinski definition) is 1. The zero-order chi connectivity index (χ0) is 14.4. The van der Waals surface area contributed by atoms with Crippen molar-refractivity contribution in [2.24, 2.45) is 0 Å². The Morgan fingerprint density at radius 1 is 1.15 bits per heavy atom. The second-order valence-corrected chi connectivity index (χ2v) is 5.71. The Kier molecular flexibility index (Phi) is 5.67. The van der Waals surface area contributed by atoms with Crippen molar-refractivity contribution >= 4 is 28.4 Å². The molecule has 104 valence electrons. The van der Waals surface area contributed by atoms with Crippen LogP contribution >= 0.6 is 22.6 Å². The topological polar surface area (TPSA) is 29.1 Å². The molecule has 0 saturated heterocycles. The van der Waals surface area contributed by atoms with Gasteiger partial charge in [0.1, 0.15) is 5.82 Å². The van der Waals surface area contributed by atoms with Gasteiger partial charge in [0.25, 0.3) is 0 Å². The van der Waals surface area contributed by atoms with Crippen molar-refractivity contribution < 1.29 is 9.18 Å². The fourth-order valence-electron chi connectivity index (χ4n) is 1.88. The number of rotatable bonds is 6. The summed E-state index contributed by atoms with van der Waals surface area (Å²) in [4.78, 5) is 11.9. The van der Waals surface area contributed by atoms with Gasteiger partial charge in [-0.05, 0) is 46.4 Å². The van der Waals surface area contributed by atoms with E-state index in [1.54, 1.807) is 12.1 Å². The molecule has 2 rings (SSSR count). The Hall–Kier alpha value is -1.27. The molecule has 0 atom stereocenters. The summed E-state index contributed by atoms with van der Waals surface area (Å²) in [7, 11) is 0. The van der Waals surface area contributed by atoms with Gasteiger partial charge in [0.2, 0.25) is 0 Å². The van der Waals surface area contributed by atoms with Crippen molar-refractivity contribution in [3.63, 3.8) is 0 Å². The third-order valence-electron chi connectivity index (χ3n) is 2.93. The van der Waals surface area contributed by atoms with Crippen LogP contribution < -0.4 is 5.32 Å². The lowest BCUT2D eigenvalue weighted by atomic mass is 10.1. The zero-order valence-corrected chi connectivity index (χ0v) is 13.1. The Balaban J connectivity index is 1.80. The lowest BCUT2D eigenvalue weighted by Gasteiger charge is -2.05. The molecular formula is C16H15FINO. The number of nitrogens with one attached hydrogen (secondary N) is 1. The summed E-state index contributed by atoms with van der Waals surface area (Å²) in [5, 5.41) is 3.19. The molecular weight excluding hydrogens is 368 g/mol. The first-order chi connectivity index (χ1) is 9.66. The molecule has 0 heterocycles. The lowest BCUT2D eigenvalue weighted by molar-refractivity contribution is 0.0978. The predicted octanol–water partition coefficient (Wildman–Crippen LogP) is 3.79. The van der Waals surface area contributed by atoms with Gasteiger partial charge in [-0.1, -0.05) is 30.3 Å². The highest BCUT2D eigenvalue weighted by atomic mass is 127. The second kappa shape index (κ2) is 7.50. The Bertz CT molecular complexity index is 586. The first kappa shape index (κ1) is 15.1. The third-order valence-corrected chi connectivity index (χ3v) is 3.60. The normalized spacial score (nSPS) is 10.5. The number of carbonyl (C=O) groups is 1. The van der Waals surface area contributed by atoms with Gasteiger partial charge in [-0.25, -0.2) is 4.39 Å². The minimum absolute atomic E-state index is 0.167. The van der Waals surface area contributed by atoms with E-state index in [0.717, 1.165) is 3.57 Å². The second-order valence-electron chi connectivity index (χ2n) is 4.46. The first-order valence-electron chi connectivity index (χ1n) is 6.40. The maximum atomic E-state index is 13.6. The van der Waals surface area contributed by atoms with E-state index in [0.29, 0.717) is 19.5 Å². The summed E-state index contributed by atoms with van der Waals surface area (Å²) in [6.07, 6.45) is 0.296. The maximum absolute atomic E-state index is 13.6. The molecule has 0 aliphatic rings. The van der Waals surface area contributed by atoms with Crippen LogP contribution in [0.2, 0.25) is 0 Å². The minimum atomic E-state index is -0.440. The molecule has 0 aliphatic carbocycles. The molecule has 0 spiro atoms. The van der Waals surface area contributed by atoms with Crippen molar-refractivity contribution in [3.8, 4) is 0 Å². The molecule has 1 N–H and O–H groups in total. The third kappa shape index (κ3) is 4.38. The molecule has 0 aromatic heterocycles. The molecule has 20 heavy (non-hydrogen) atoms. The average molecular weight is 383 g/mol. The molecule has 2 aromatic carbocycles. The van der Waals surface area contributed by atoms with Crippen molar-refractivity contribution in [3.05, 3.63) is 69.0 Å². The summed E-state index contributed by atoms with van der Waals surface area (Å²) >= 11 is 2.02. The van der Waals surface area contributed by atoms with Crippen LogP contribution in [0.4, 0.5) is 4.39 Å². The maximum Gasteiger partial charge on any atom is 0.167 e. The van der Waals surface area contributed by atoms with Crippen molar-refractivity contribution in [1.29, 1.82) is 0 Å². The summed E-state index contributed by atoms with van der Waals surface area (Å²) in [5.74, 6) is -0.607. The lowest BCUT2D eigenvalue weighted by Crippen LogP contribution is -2.18. The van der Waals surface area contributed by atoms with E-state index < -0.39 is 5.82 Å². The highest BCUT2D eigenvalue weighted by Crippen LogP contribution is 2.13. The predicted molar refractivity (Wildman–Crippen MR) is 86.2 cm³/mol. The number of benzene rings is 2. The van der Waals surface area contributed by atoms with E-state index in [1.807, 2.05) is 52.9 Å². The molecule has 0 fully saturated rings. The van der Waals surface area contributed by atoms with Crippen LogP contribution in [0.1, 0.15) is 22.3 Å². The van der Waals surface area contributed by atoms with Crippen LogP contribution in [0.5, 0.6) is 0 Å². The van der Waals surface area contributed by atoms with Gasteiger partial charge in [-0.3, -0.25) is 4.79 Å². The Morgan fingerprint density at radius 2 is 1.90 bits per heavy atom. The van der Waals surface area contributed by atoms with Crippen molar-refractivity contribution in [2.75, 3.05) is 6.54 Å². The zero-order valence-electron chi connectivity index (χ0n) is 10.9. The van der Waals surface area contributed by atoms with E-state index in [-0.39, 0.29) is 11.3 Å². The van der Waals surface area contributed by atoms with E-state index >= 15 is 0 Å². The molecule has 4 heteroatoms. The summed E-state index contributed by atoms with van der Waals surface area (Å²) in [5.41, 5.74) is 1.34. The summed E-state index contributed by atoms with van der Waals surface area (Å²) in [6.45, 7) is 1.25. The molecule has 0 saturated carbocycles. The van der Waals surface area contributed by atoms with Crippen LogP contribution in [-0.4, -0.2) is 12.3 Å². The van der Waals surface area contributed by atoms with E-state index in [9.17, 15) is 9.18 Å². The number of carbonyl (C=O) groups excluding carboxylic acids is 1. The fraction of sp³-hybridized carbons (Fsp3) is 0.188. The van der Waals surface area contributed by atoms with Crippen LogP contribution in [0.25, 0.3) is 0 Å². The van der Waals surface area contributed by atoms with Crippen LogP contribution in [0.3, 0.4) is 0 Å². The summed E-state index contributed by atoms with van der Waals surface area (Å²) < 4.78 is 14.4. The van der Waals surface area contributed by atoms with Gasteiger partial charge in [0, 0.05) is 23.1 Å². The quantitative estimate of drug-likeness (QED) is 0.467. The number of ketones is 1. The Morgan fingerprint density at radius 3 is 2.60 bits per heavy atom. The number of halogens is 2. The smallest absolute Gasteiger partial charge is 0.167 e. The van der Waals surface area contributed by atoms with E-state index in [2.05, 4.69) is 5.32 Å². The van der Waals surface area contributed by atoms with E-state index in [1.165, 1.54) is 11.6 Å². The first-order valence-corrected chi connectivity index (χ1v) is 7.47. The molecule has 2 nitrogen and oxygen atoms in total. The van der Waals surface area contributed by atoms with Crippen molar-refractivity contribution in [2.45, 2.75) is 13.0 Å². The van der Waals surface area contributed by atoms with Gasteiger partial charge >= 0.3 is 0 Å². The summed E-state index contributed by atoms with van der Waals surface area (Å²) in [6, 6.07) is 14.6. The van der Waals surface area contributed by atoms with Gasteiger partial charge in [0.15, 0.2) is 5.78 Å². The molecule has 0 radical (unpaired) electrons. The largest absolute Gasteiger partial charge is 0.312 e. The van der Waals surface area contributed by atoms with Gasteiger partial charge in [-0.2, -0.15) is 0 Å². The highest BCUT2D eigenvalue weighted by Gasteiger charge is 2.11. The standard InChI is InChI=1S/C16H15FINO/c17-15-10-13(18)6-7-14(15)16(20)8-9-19-11-12-4-2-1-3-5-12/h1-7,10,19H,8-9,11H2. The average Bonchev–Trinajstić information content (AvgIpc) is 2.44. The van der Waals surface area contributed by atoms with Crippen molar-refractivity contribution in [1.82, 2.24) is 5.32 Å². The Labute approximate surface area is 131 Å².